The van der Waals surface area contributed by atoms with Crippen molar-refractivity contribution in [3.05, 3.63) is 30.1 Å². The monoisotopic (exact) mass is 356 g/mol. The van der Waals surface area contributed by atoms with Crippen LogP contribution < -0.4 is 5.32 Å². The van der Waals surface area contributed by atoms with Crippen LogP contribution in [0.25, 0.3) is 11.0 Å². The summed E-state index contributed by atoms with van der Waals surface area (Å²) >= 11 is 0. The molecule has 7 nitrogen and oxygen atoms in total. The standard InChI is InChI=1S/C19H24N4O3/c24-17(13-1-2-13)21-8-4-19(26)5-9-23(10-6-19)18(25)15-11-14-3-7-20-16(14)22-12-15/h3,7,11-13,26H,1-2,4-6,8-10H2,(H,20,22)(H,21,24). The second-order valence-corrected chi connectivity index (χ2v) is 7.47. The summed E-state index contributed by atoms with van der Waals surface area (Å²) in [7, 11) is 0. The van der Waals surface area contributed by atoms with Gasteiger partial charge in [-0.05, 0) is 44.2 Å². The molecule has 138 valence electrons. The van der Waals surface area contributed by atoms with E-state index < -0.39 is 5.60 Å². The van der Waals surface area contributed by atoms with Gasteiger partial charge in [-0.25, -0.2) is 4.98 Å². The number of pyridine rings is 1. The molecular formula is C19H24N4O3. The molecule has 3 N–H and O–H groups in total. The number of piperidine rings is 1. The first-order chi connectivity index (χ1) is 12.5. The van der Waals surface area contributed by atoms with Gasteiger partial charge in [-0.1, -0.05) is 0 Å². The summed E-state index contributed by atoms with van der Waals surface area (Å²) in [4.78, 5) is 33.4. The van der Waals surface area contributed by atoms with Gasteiger partial charge in [-0.15, -0.1) is 0 Å². The average molecular weight is 356 g/mol. The van der Waals surface area contributed by atoms with E-state index in [1.54, 1.807) is 17.3 Å². The van der Waals surface area contributed by atoms with Gasteiger partial charge in [-0.2, -0.15) is 0 Å². The van der Waals surface area contributed by atoms with E-state index >= 15 is 0 Å². The molecule has 2 aromatic rings. The molecule has 1 aliphatic carbocycles. The highest BCUT2D eigenvalue weighted by atomic mass is 16.3. The number of hydrogen-bond donors (Lipinski definition) is 3. The number of aromatic amines is 1. The van der Waals surface area contributed by atoms with Crippen LogP contribution in [0.3, 0.4) is 0 Å². The van der Waals surface area contributed by atoms with Gasteiger partial charge in [0.25, 0.3) is 5.91 Å². The minimum atomic E-state index is -0.809. The minimum Gasteiger partial charge on any atom is -0.390 e. The molecule has 26 heavy (non-hydrogen) atoms. The highest BCUT2D eigenvalue weighted by Gasteiger charge is 2.35. The number of aliphatic hydroxyl groups is 1. The zero-order valence-electron chi connectivity index (χ0n) is 14.7. The molecule has 2 fully saturated rings. The van der Waals surface area contributed by atoms with Crippen LogP contribution in [0.15, 0.2) is 24.5 Å². The number of H-pyrrole nitrogens is 1. The van der Waals surface area contributed by atoms with Crippen LogP contribution in [-0.4, -0.2) is 57.0 Å². The van der Waals surface area contributed by atoms with Crippen molar-refractivity contribution in [2.75, 3.05) is 19.6 Å². The zero-order valence-corrected chi connectivity index (χ0v) is 14.7. The van der Waals surface area contributed by atoms with Crippen LogP contribution in [0.2, 0.25) is 0 Å². The molecule has 2 amide bonds. The van der Waals surface area contributed by atoms with E-state index in [0.717, 1.165) is 23.9 Å². The Labute approximate surface area is 151 Å². The summed E-state index contributed by atoms with van der Waals surface area (Å²) in [6.07, 6.45) is 6.94. The zero-order chi connectivity index (χ0) is 18.1. The molecule has 1 aliphatic heterocycles. The number of rotatable bonds is 5. The fraction of sp³-hybridized carbons (Fsp3) is 0.526. The summed E-state index contributed by atoms with van der Waals surface area (Å²) in [5.41, 5.74) is 0.526. The van der Waals surface area contributed by atoms with Crippen LogP contribution in [0.1, 0.15) is 42.5 Å². The van der Waals surface area contributed by atoms with Crippen LogP contribution in [0.4, 0.5) is 0 Å². The van der Waals surface area contributed by atoms with Crippen molar-refractivity contribution in [1.29, 1.82) is 0 Å². The lowest BCUT2D eigenvalue weighted by atomic mass is 9.88. The molecule has 1 saturated heterocycles. The SMILES string of the molecule is O=C(NCCC1(O)CCN(C(=O)c2cnc3[nH]ccc3c2)CC1)C1CC1. The van der Waals surface area contributed by atoms with E-state index in [1.165, 1.54) is 0 Å². The fourth-order valence-electron chi connectivity index (χ4n) is 3.52. The van der Waals surface area contributed by atoms with Crippen molar-refractivity contribution in [2.24, 2.45) is 5.92 Å². The maximum atomic E-state index is 12.7. The number of carbonyl (C=O) groups is 2. The van der Waals surface area contributed by atoms with Crippen molar-refractivity contribution >= 4 is 22.8 Å². The quantitative estimate of drug-likeness (QED) is 0.755. The van der Waals surface area contributed by atoms with Crippen LogP contribution in [0.5, 0.6) is 0 Å². The maximum absolute atomic E-state index is 12.7. The molecule has 0 atom stereocenters. The molecular weight excluding hydrogens is 332 g/mol. The molecule has 0 spiro atoms. The summed E-state index contributed by atoms with van der Waals surface area (Å²) in [5.74, 6) is 0.244. The molecule has 3 heterocycles. The second-order valence-electron chi connectivity index (χ2n) is 7.47. The lowest BCUT2D eigenvalue weighted by Gasteiger charge is -2.38. The van der Waals surface area contributed by atoms with Gasteiger partial charge in [0.1, 0.15) is 5.65 Å². The van der Waals surface area contributed by atoms with Gasteiger partial charge in [0.2, 0.25) is 5.91 Å². The third-order valence-corrected chi connectivity index (χ3v) is 5.47. The topological polar surface area (TPSA) is 98.3 Å². The molecule has 2 aliphatic rings. The Bertz CT molecular complexity index is 819. The number of nitrogens with one attached hydrogen (secondary N) is 2. The maximum Gasteiger partial charge on any atom is 0.255 e. The first kappa shape index (κ1) is 17.0. The van der Waals surface area contributed by atoms with Crippen LogP contribution in [0, 0.1) is 5.92 Å². The lowest BCUT2D eigenvalue weighted by Crippen LogP contribution is -2.48. The van der Waals surface area contributed by atoms with Gasteiger partial charge in [0.15, 0.2) is 0 Å². The molecule has 0 unspecified atom stereocenters. The second kappa shape index (κ2) is 6.72. The van der Waals surface area contributed by atoms with Gasteiger partial charge in [-0.3, -0.25) is 9.59 Å². The van der Waals surface area contributed by atoms with Gasteiger partial charge in [0, 0.05) is 43.3 Å². The molecule has 0 radical (unpaired) electrons. The Balaban J connectivity index is 1.30. The third-order valence-electron chi connectivity index (χ3n) is 5.47. The fourth-order valence-corrected chi connectivity index (χ4v) is 3.52. The van der Waals surface area contributed by atoms with Crippen molar-refractivity contribution in [1.82, 2.24) is 20.2 Å². The Morgan fingerprint density at radius 1 is 1.35 bits per heavy atom. The predicted octanol–water partition coefficient (Wildman–Crippen LogP) is 1.45. The highest BCUT2D eigenvalue weighted by molar-refractivity contribution is 5.97. The Hall–Kier alpha value is -2.41. The predicted molar refractivity (Wildman–Crippen MR) is 96.5 cm³/mol. The number of carbonyl (C=O) groups excluding carboxylic acids is 2. The number of nitrogens with zero attached hydrogens (tertiary/aromatic N) is 2. The van der Waals surface area contributed by atoms with Crippen molar-refractivity contribution in [3.63, 3.8) is 0 Å². The molecule has 2 aromatic heterocycles. The van der Waals surface area contributed by atoms with E-state index in [4.69, 9.17) is 0 Å². The Kier molecular flexibility index (Phi) is 4.40. The largest absolute Gasteiger partial charge is 0.390 e. The number of hydrogen-bond acceptors (Lipinski definition) is 4. The Morgan fingerprint density at radius 2 is 2.12 bits per heavy atom. The lowest BCUT2D eigenvalue weighted by molar-refractivity contribution is -0.122. The molecule has 0 bridgehead atoms. The molecule has 4 rings (SSSR count). The number of fused-ring (bicyclic) bond motifs is 1. The number of amides is 2. The Morgan fingerprint density at radius 3 is 2.85 bits per heavy atom. The van der Waals surface area contributed by atoms with Gasteiger partial charge < -0.3 is 20.3 Å². The molecule has 0 aromatic carbocycles. The van der Waals surface area contributed by atoms with E-state index in [2.05, 4.69) is 15.3 Å². The van der Waals surface area contributed by atoms with Gasteiger partial charge >= 0.3 is 0 Å². The van der Waals surface area contributed by atoms with Gasteiger partial charge in [0.05, 0.1) is 11.2 Å². The highest BCUT2D eigenvalue weighted by Crippen LogP contribution is 2.29. The first-order valence-electron chi connectivity index (χ1n) is 9.27. The number of likely N-dealkylation sites (tertiary alicyclic amines) is 1. The smallest absolute Gasteiger partial charge is 0.255 e. The van der Waals surface area contributed by atoms with Crippen LogP contribution >= 0.6 is 0 Å². The van der Waals surface area contributed by atoms with E-state index in [1.807, 2.05) is 12.1 Å². The summed E-state index contributed by atoms with van der Waals surface area (Å²) < 4.78 is 0. The van der Waals surface area contributed by atoms with Crippen molar-refractivity contribution in [2.45, 2.75) is 37.7 Å². The van der Waals surface area contributed by atoms with Crippen LogP contribution in [-0.2, 0) is 4.79 Å². The van der Waals surface area contributed by atoms with E-state index in [9.17, 15) is 14.7 Å². The minimum absolute atomic E-state index is 0.0512. The van der Waals surface area contributed by atoms with E-state index in [-0.39, 0.29) is 17.7 Å². The average Bonchev–Trinajstić information content (AvgIpc) is 3.39. The van der Waals surface area contributed by atoms with Crippen molar-refractivity contribution in [3.8, 4) is 0 Å². The third kappa shape index (κ3) is 3.58. The summed E-state index contributed by atoms with van der Waals surface area (Å²) in [6, 6.07) is 3.74. The summed E-state index contributed by atoms with van der Waals surface area (Å²) in [5, 5.41) is 14.5. The molecule has 7 heteroatoms. The van der Waals surface area contributed by atoms with Crippen molar-refractivity contribution < 1.29 is 14.7 Å². The van der Waals surface area contributed by atoms with E-state index in [0.29, 0.717) is 44.5 Å². The molecule has 1 saturated carbocycles. The first-order valence-corrected chi connectivity index (χ1v) is 9.27. The normalized spacial score (nSPS) is 19.5. The number of aromatic nitrogens is 2. The summed E-state index contributed by atoms with van der Waals surface area (Å²) in [6.45, 7) is 1.52.